The second-order valence-electron chi connectivity index (χ2n) is 5.49. The van der Waals surface area contributed by atoms with Gasteiger partial charge in [-0.25, -0.2) is 0 Å². The molecule has 140 valence electrons. The molecule has 2 aromatic carbocycles. The van der Waals surface area contributed by atoms with Crippen LogP contribution in [0.2, 0.25) is 0 Å². The number of nitrogens with two attached hydrogens (primary N) is 1. The average molecular weight is 468 g/mol. The Morgan fingerprint density at radius 1 is 1.12 bits per heavy atom. The number of aliphatic imine (C=N–C) groups is 1. The van der Waals surface area contributed by atoms with Gasteiger partial charge in [0.05, 0.1) is 13.2 Å². The van der Waals surface area contributed by atoms with Crippen LogP contribution in [0.1, 0.15) is 17.5 Å². The molecule has 0 heterocycles. The summed E-state index contributed by atoms with van der Waals surface area (Å²) < 4.78 is 5.15. The lowest BCUT2D eigenvalue weighted by molar-refractivity contribution is -0.121. The topological polar surface area (TPSA) is 88.7 Å². The van der Waals surface area contributed by atoms with Crippen molar-refractivity contribution in [1.82, 2.24) is 5.32 Å². The van der Waals surface area contributed by atoms with E-state index in [0.29, 0.717) is 19.7 Å². The molecule has 1 amide bonds. The number of anilines is 1. The molecule has 0 saturated carbocycles. The highest BCUT2D eigenvalue weighted by Crippen LogP contribution is 2.15. The number of methoxy groups -OCH3 is 1. The molecule has 0 aromatic heterocycles. The van der Waals surface area contributed by atoms with Crippen LogP contribution in [0.3, 0.4) is 0 Å². The maximum Gasteiger partial charge on any atom is 0.222 e. The van der Waals surface area contributed by atoms with Gasteiger partial charge < -0.3 is 21.1 Å². The monoisotopic (exact) mass is 468 g/mol. The van der Waals surface area contributed by atoms with Gasteiger partial charge in [0.2, 0.25) is 5.91 Å². The molecule has 0 aliphatic rings. The number of amides is 1. The predicted octanol–water partition coefficient (Wildman–Crippen LogP) is 2.88. The molecule has 4 N–H and O–H groups in total. The number of hydrogen-bond donors (Lipinski definition) is 3. The van der Waals surface area contributed by atoms with E-state index in [4.69, 9.17) is 10.5 Å². The summed E-state index contributed by atoms with van der Waals surface area (Å²) in [7, 11) is 1.64. The van der Waals surface area contributed by atoms with Crippen LogP contribution in [0.5, 0.6) is 0 Å². The van der Waals surface area contributed by atoms with Crippen molar-refractivity contribution < 1.29 is 9.53 Å². The van der Waals surface area contributed by atoms with Crippen molar-refractivity contribution in [3.8, 4) is 0 Å². The normalized spacial score (nSPS) is 10.7. The van der Waals surface area contributed by atoms with Gasteiger partial charge in [-0.1, -0.05) is 48.5 Å². The summed E-state index contributed by atoms with van der Waals surface area (Å²) in [6, 6.07) is 17.5. The number of para-hydroxylation sites is 1. The highest BCUT2D eigenvalue weighted by Gasteiger charge is 2.04. The quantitative estimate of drug-likeness (QED) is 0.316. The SMILES string of the molecule is COCc1ccccc1NC(N)=NCCC(=O)NCc1ccccc1.I. The minimum Gasteiger partial charge on any atom is -0.380 e. The zero-order valence-electron chi connectivity index (χ0n) is 14.8. The van der Waals surface area contributed by atoms with E-state index in [-0.39, 0.29) is 42.3 Å². The summed E-state index contributed by atoms with van der Waals surface area (Å²) >= 11 is 0. The molecular weight excluding hydrogens is 443 g/mol. The van der Waals surface area contributed by atoms with E-state index in [1.54, 1.807) is 7.11 Å². The number of hydrogen-bond acceptors (Lipinski definition) is 3. The Morgan fingerprint density at radius 3 is 2.54 bits per heavy atom. The summed E-state index contributed by atoms with van der Waals surface area (Å²) in [5, 5.41) is 5.91. The van der Waals surface area contributed by atoms with Crippen molar-refractivity contribution in [2.45, 2.75) is 19.6 Å². The van der Waals surface area contributed by atoms with Crippen LogP contribution in [0.4, 0.5) is 5.69 Å². The van der Waals surface area contributed by atoms with Gasteiger partial charge in [0.25, 0.3) is 0 Å². The van der Waals surface area contributed by atoms with Crippen molar-refractivity contribution >= 4 is 41.5 Å². The van der Waals surface area contributed by atoms with Gasteiger partial charge in [0.1, 0.15) is 0 Å². The maximum absolute atomic E-state index is 11.8. The third kappa shape index (κ3) is 7.83. The summed E-state index contributed by atoms with van der Waals surface area (Å²) in [4.78, 5) is 16.0. The van der Waals surface area contributed by atoms with Crippen LogP contribution in [0.25, 0.3) is 0 Å². The number of guanidine groups is 1. The van der Waals surface area contributed by atoms with Crippen LogP contribution < -0.4 is 16.4 Å². The molecule has 7 heteroatoms. The lowest BCUT2D eigenvalue weighted by Crippen LogP contribution is -2.26. The molecule has 6 nitrogen and oxygen atoms in total. The zero-order chi connectivity index (χ0) is 17.9. The summed E-state index contributed by atoms with van der Waals surface area (Å²) in [6.45, 7) is 1.33. The van der Waals surface area contributed by atoms with Gasteiger partial charge in [-0.2, -0.15) is 0 Å². The molecule has 0 radical (unpaired) electrons. The van der Waals surface area contributed by atoms with Crippen LogP contribution in [0.15, 0.2) is 59.6 Å². The molecule has 0 saturated heterocycles. The smallest absolute Gasteiger partial charge is 0.222 e. The zero-order valence-corrected chi connectivity index (χ0v) is 17.1. The Labute approximate surface area is 171 Å². The minimum absolute atomic E-state index is 0. The Hall–Kier alpha value is -2.13. The van der Waals surface area contributed by atoms with E-state index in [0.717, 1.165) is 16.8 Å². The lowest BCUT2D eigenvalue weighted by Gasteiger charge is -2.10. The van der Waals surface area contributed by atoms with E-state index in [1.165, 1.54) is 0 Å². The molecule has 26 heavy (non-hydrogen) atoms. The second kappa shape index (κ2) is 12.3. The fourth-order valence-electron chi connectivity index (χ4n) is 2.26. The standard InChI is InChI=1S/C19H24N4O2.HI/c1-25-14-16-9-5-6-10-17(16)23-19(20)21-12-11-18(24)22-13-15-7-3-2-4-8-15;/h2-10H,11-14H2,1H3,(H,22,24)(H3,20,21,23);1H. The molecule has 0 bridgehead atoms. The molecule has 0 unspecified atom stereocenters. The number of carbonyl (C=O) groups excluding carboxylic acids is 1. The van der Waals surface area contributed by atoms with Gasteiger partial charge in [-0.3, -0.25) is 9.79 Å². The van der Waals surface area contributed by atoms with Crippen molar-refractivity contribution in [2.75, 3.05) is 19.0 Å². The molecule has 2 rings (SSSR count). The number of benzene rings is 2. The fourth-order valence-corrected chi connectivity index (χ4v) is 2.26. The highest BCUT2D eigenvalue weighted by atomic mass is 127. The third-order valence-electron chi connectivity index (χ3n) is 3.53. The minimum atomic E-state index is -0.0554. The van der Waals surface area contributed by atoms with E-state index in [2.05, 4.69) is 15.6 Å². The lowest BCUT2D eigenvalue weighted by atomic mass is 10.2. The van der Waals surface area contributed by atoms with E-state index >= 15 is 0 Å². The van der Waals surface area contributed by atoms with Crippen molar-refractivity contribution in [3.63, 3.8) is 0 Å². The Bertz CT molecular complexity index is 708. The number of ether oxygens (including phenoxy) is 1. The van der Waals surface area contributed by atoms with E-state index in [9.17, 15) is 4.79 Å². The van der Waals surface area contributed by atoms with Crippen molar-refractivity contribution in [1.29, 1.82) is 0 Å². The van der Waals surface area contributed by atoms with Gasteiger partial charge in [-0.15, -0.1) is 24.0 Å². The molecule has 0 aliphatic carbocycles. The number of carbonyl (C=O) groups is 1. The Morgan fingerprint density at radius 2 is 1.81 bits per heavy atom. The molecule has 0 fully saturated rings. The van der Waals surface area contributed by atoms with Gasteiger partial charge in [0.15, 0.2) is 5.96 Å². The van der Waals surface area contributed by atoms with Crippen molar-refractivity contribution in [3.05, 3.63) is 65.7 Å². The molecular formula is C19H25IN4O2. The first-order chi connectivity index (χ1) is 12.2. The van der Waals surface area contributed by atoms with Crippen molar-refractivity contribution in [2.24, 2.45) is 10.7 Å². The van der Waals surface area contributed by atoms with Crippen LogP contribution in [0, 0.1) is 0 Å². The molecule has 2 aromatic rings. The molecule has 0 spiro atoms. The van der Waals surface area contributed by atoms with E-state index < -0.39 is 0 Å². The van der Waals surface area contributed by atoms with Crippen LogP contribution in [-0.2, 0) is 22.7 Å². The number of nitrogens with zero attached hydrogens (tertiary/aromatic N) is 1. The molecule has 0 aliphatic heterocycles. The van der Waals surface area contributed by atoms with Crippen LogP contribution in [-0.4, -0.2) is 25.5 Å². The average Bonchev–Trinajstić information content (AvgIpc) is 2.63. The highest BCUT2D eigenvalue weighted by molar-refractivity contribution is 14.0. The number of halogens is 1. The van der Waals surface area contributed by atoms with E-state index in [1.807, 2.05) is 54.6 Å². The first-order valence-corrected chi connectivity index (χ1v) is 8.13. The fraction of sp³-hybridized carbons (Fsp3) is 0.263. The summed E-state index contributed by atoms with van der Waals surface area (Å²) in [5.41, 5.74) is 8.79. The summed E-state index contributed by atoms with van der Waals surface area (Å²) in [6.07, 6.45) is 0.287. The third-order valence-corrected chi connectivity index (χ3v) is 3.53. The Balaban J connectivity index is 0.00000338. The first-order valence-electron chi connectivity index (χ1n) is 8.13. The van der Waals surface area contributed by atoms with Crippen LogP contribution >= 0.6 is 24.0 Å². The molecule has 0 atom stereocenters. The number of nitrogens with one attached hydrogen (secondary N) is 2. The Kier molecular flexibility index (Phi) is 10.3. The first kappa shape index (κ1) is 21.9. The van der Waals surface area contributed by atoms with Gasteiger partial charge in [0, 0.05) is 31.3 Å². The maximum atomic E-state index is 11.8. The number of rotatable bonds is 8. The van der Waals surface area contributed by atoms with Gasteiger partial charge >= 0.3 is 0 Å². The summed E-state index contributed by atoms with van der Waals surface area (Å²) in [5.74, 6) is 0.222. The van der Waals surface area contributed by atoms with Gasteiger partial charge in [-0.05, 0) is 11.6 Å². The second-order valence-corrected chi connectivity index (χ2v) is 5.49. The largest absolute Gasteiger partial charge is 0.380 e. The predicted molar refractivity (Wildman–Crippen MR) is 116 cm³/mol.